The van der Waals surface area contributed by atoms with Gasteiger partial charge < -0.3 is 4.74 Å². The van der Waals surface area contributed by atoms with Crippen LogP contribution in [0, 0.1) is 11.3 Å². The summed E-state index contributed by atoms with van der Waals surface area (Å²) in [5, 5.41) is 5.09. The van der Waals surface area contributed by atoms with Gasteiger partial charge in [-0.3, -0.25) is 0 Å². The first-order chi connectivity index (χ1) is 7.06. The summed E-state index contributed by atoms with van der Waals surface area (Å²) in [5.74, 6) is -0.0936. The Bertz CT molecular complexity index is 293. The molecule has 0 rings (SSSR count). The summed E-state index contributed by atoms with van der Waals surface area (Å²) in [5.41, 5.74) is -0.125. The summed E-state index contributed by atoms with van der Waals surface area (Å²) in [7, 11) is -3.44. The van der Waals surface area contributed by atoms with E-state index >= 15 is 0 Å². The molecule has 2 atom stereocenters. The van der Waals surface area contributed by atoms with Crippen LogP contribution >= 0.6 is 0 Å². The van der Waals surface area contributed by atoms with Gasteiger partial charge in [-0.1, -0.05) is 27.7 Å². The molecule has 0 spiro atoms. The van der Waals surface area contributed by atoms with Gasteiger partial charge >= 0.3 is 0 Å². The fourth-order valence-electron chi connectivity index (χ4n) is 1.23. The van der Waals surface area contributed by atoms with Gasteiger partial charge in [-0.05, 0) is 18.8 Å². The van der Waals surface area contributed by atoms with E-state index in [2.05, 4.69) is 0 Å². The molecular formula is C11H25NO3S. The number of ether oxygens (including phenoxy) is 1. The second-order valence-electron chi connectivity index (χ2n) is 5.44. The van der Waals surface area contributed by atoms with Gasteiger partial charge in [-0.25, -0.2) is 13.6 Å². The topological polar surface area (TPSA) is 69.4 Å². The lowest BCUT2D eigenvalue weighted by Crippen LogP contribution is -2.35. The molecule has 0 amide bonds. The first kappa shape index (κ1) is 15.9. The predicted octanol–water partition coefficient (Wildman–Crippen LogP) is 1.75. The molecule has 0 radical (unpaired) electrons. The molecule has 0 saturated carbocycles. The van der Waals surface area contributed by atoms with Crippen molar-refractivity contribution >= 4 is 10.0 Å². The molecule has 0 heterocycles. The highest BCUT2D eigenvalue weighted by atomic mass is 32.2. The van der Waals surface area contributed by atoms with E-state index in [-0.39, 0.29) is 23.2 Å². The van der Waals surface area contributed by atoms with E-state index in [9.17, 15) is 8.42 Å². The number of hydrogen-bond acceptors (Lipinski definition) is 3. The van der Waals surface area contributed by atoms with Crippen molar-refractivity contribution in [1.29, 1.82) is 0 Å². The number of sulfonamides is 1. The van der Waals surface area contributed by atoms with Crippen LogP contribution < -0.4 is 5.14 Å². The maximum absolute atomic E-state index is 11.1. The van der Waals surface area contributed by atoms with E-state index < -0.39 is 10.0 Å². The van der Waals surface area contributed by atoms with E-state index in [4.69, 9.17) is 9.88 Å². The molecule has 0 aliphatic heterocycles. The Morgan fingerprint density at radius 2 is 1.81 bits per heavy atom. The fourth-order valence-corrected chi connectivity index (χ4v) is 2.38. The number of hydrogen-bond donors (Lipinski definition) is 1. The van der Waals surface area contributed by atoms with E-state index in [0.717, 1.165) is 6.42 Å². The quantitative estimate of drug-likeness (QED) is 0.782. The SMILES string of the molecule is CCC(C)OCC(CS(N)(=O)=O)C(C)(C)C. The Kier molecular flexibility index (Phi) is 5.93. The zero-order chi connectivity index (χ0) is 13.0. The summed E-state index contributed by atoms with van der Waals surface area (Å²) in [6.07, 6.45) is 1.08. The molecule has 0 aromatic carbocycles. The van der Waals surface area contributed by atoms with Crippen molar-refractivity contribution < 1.29 is 13.2 Å². The van der Waals surface area contributed by atoms with Gasteiger partial charge in [0.1, 0.15) is 0 Å². The molecule has 0 aromatic rings. The van der Waals surface area contributed by atoms with Gasteiger partial charge in [0.2, 0.25) is 10.0 Å². The minimum absolute atomic E-state index is 0.0209. The molecule has 0 aliphatic rings. The van der Waals surface area contributed by atoms with Crippen molar-refractivity contribution in [3.63, 3.8) is 0 Å². The Morgan fingerprint density at radius 1 is 1.31 bits per heavy atom. The molecule has 0 fully saturated rings. The second kappa shape index (κ2) is 5.98. The Labute approximate surface area is 99.6 Å². The summed E-state index contributed by atoms with van der Waals surface area (Å²) in [6.45, 7) is 10.5. The lowest BCUT2D eigenvalue weighted by Gasteiger charge is -2.30. The highest BCUT2D eigenvalue weighted by molar-refractivity contribution is 7.89. The van der Waals surface area contributed by atoms with Crippen LogP contribution in [0.3, 0.4) is 0 Å². The van der Waals surface area contributed by atoms with Gasteiger partial charge in [0.25, 0.3) is 0 Å². The zero-order valence-corrected chi connectivity index (χ0v) is 11.8. The molecule has 0 aromatic heterocycles. The van der Waals surface area contributed by atoms with Crippen LogP contribution in [0.5, 0.6) is 0 Å². The monoisotopic (exact) mass is 251 g/mol. The average Bonchev–Trinajstić information content (AvgIpc) is 2.08. The molecule has 0 saturated heterocycles. The van der Waals surface area contributed by atoms with Crippen molar-refractivity contribution in [2.24, 2.45) is 16.5 Å². The molecule has 4 nitrogen and oxygen atoms in total. The maximum atomic E-state index is 11.1. The number of rotatable bonds is 6. The third-order valence-electron chi connectivity index (χ3n) is 2.82. The summed E-state index contributed by atoms with van der Waals surface area (Å²) in [4.78, 5) is 0. The highest BCUT2D eigenvalue weighted by Gasteiger charge is 2.28. The van der Waals surface area contributed by atoms with E-state index in [0.29, 0.717) is 6.61 Å². The third kappa shape index (κ3) is 7.19. The van der Waals surface area contributed by atoms with E-state index in [1.54, 1.807) is 0 Å². The van der Waals surface area contributed by atoms with Gasteiger partial charge in [-0.15, -0.1) is 0 Å². The second-order valence-corrected chi connectivity index (χ2v) is 7.10. The predicted molar refractivity (Wildman–Crippen MR) is 66.6 cm³/mol. The Morgan fingerprint density at radius 3 is 2.12 bits per heavy atom. The van der Waals surface area contributed by atoms with Crippen molar-refractivity contribution in [1.82, 2.24) is 0 Å². The molecule has 16 heavy (non-hydrogen) atoms. The molecule has 98 valence electrons. The average molecular weight is 251 g/mol. The van der Waals surface area contributed by atoms with Crippen LogP contribution in [-0.4, -0.2) is 26.9 Å². The standard InChI is InChI=1S/C11H25NO3S/c1-6-9(2)15-7-10(11(3,4)5)8-16(12,13)14/h9-10H,6-8H2,1-5H3,(H2,12,13,14). The lowest BCUT2D eigenvalue weighted by atomic mass is 9.82. The van der Waals surface area contributed by atoms with Gasteiger partial charge in [0.15, 0.2) is 0 Å². The number of nitrogens with two attached hydrogens (primary N) is 1. The van der Waals surface area contributed by atoms with Crippen molar-refractivity contribution in [2.45, 2.75) is 47.1 Å². The molecular weight excluding hydrogens is 226 g/mol. The smallest absolute Gasteiger partial charge is 0.209 e. The molecule has 5 heteroatoms. The molecule has 2 unspecified atom stereocenters. The minimum Gasteiger partial charge on any atom is -0.378 e. The Hall–Kier alpha value is -0.130. The maximum Gasteiger partial charge on any atom is 0.209 e. The van der Waals surface area contributed by atoms with E-state index in [1.807, 2.05) is 34.6 Å². The van der Waals surface area contributed by atoms with Gasteiger partial charge in [0.05, 0.1) is 18.5 Å². The summed E-state index contributed by atoms with van der Waals surface area (Å²) >= 11 is 0. The third-order valence-corrected chi connectivity index (χ3v) is 3.68. The molecule has 0 bridgehead atoms. The van der Waals surface area contributed by atoms with Crippen LogP contribution in [0.4, 0.5) is 0 Å². The summed E-state index contributed by atoms with van der Waals surface area (Å²) in [6, 6.07) is 0. The van der Waals surface area contributed by atoms with Crippen molar-refractivity contribution in [2.75, 3.05) is 12.4 Å². The first-order valence-corrected chi connectivity index (χ1v) is 7.40. The summed E-state index contributed by atoms with van der Waals surface area (Å²) < 4.78 is 27.9. The van der Waals surface area contributed by atoms with Gasteiger partial charge in [-0.2, -0.15) is 0 Å². The van der Waals surface area contributed by atoms with Crippen LogP contribution in [0.2, 0.25) is 0 Å². The Balaban J connectivity index is 4.47. The van der Waals surface area contributed by atoms with Crippen molar-refractivity contribution in [3.05, 3.63) is 0 Å². The minimum atomic E-state index is -3.44. The fraction of sp³-hybridized carbons (Fsp3) is 1.00. The molecule has 0 aliphatic carbocycles. The normalized spacial score (nSPS) is 17.1. The first-order valence-electron chi connectivity index (χ1n) is 5.68. The van der Waals surface area contributed by atoms with E-state index in [1.165, 1.54) is 0 Å². The largest absolute Gasteiger partial charge is 0.378 e. The van der Waals surface area contributed by atoms with Gasteiger partial charge in [0, 0.05) is 5.92 Å². The molecule has 2 N–H and O–H groups in total. The van der Waals surface area contributed by atoms with Crippen LogP contribution in [-0.2, 0) is 14.8 Å². The van der Waals surface area contributed by atoms with Crippen LogP contribution in [0.15, 0.2) is 0 Å². The van der Waals surface area contributed by atoms with Crippen LogP contribution in [0.1, 0.15) is 41.0 Å². The number of primary sulfonamides is 1. The zero-order valence-electron chi connectivity index (χ0n) is 11.0. The van der Waals surface area contributed by atoms with Crippen LogP contribution in [0.25, 0.3) is 0 Å². The lowest BCUT2D eigenvalue weighted by molar-refractivity contribution is 0.0162. The highest BCUT2D eigenvalue weighted by Crippen LogP contribution is 2.27. The van der Waals surface area contributed by atoms with Crippen molar-refractivity contribution in [3.8, 4) is 0 Å².